The summed E-state index contributed by atoms with van der Waals surface area (Å²) >= 11 is 0. The summed E-state index contributed by atoms with van der Waals surface area (Å²) in [6.45, 7) is 0. The lowest BCUT2D eigenvalue weighted by molar-refractivity contribution is -0.384. The Bertz CT molecular complexity index is 1340. The minimum Gasteiger partial charge on any atom is -0.383 e. The predicted molar refractivity (Wildman–Crippen MR) is 133 cm³/mol. The normalized spacial score (nSPS) is 12.7. The van der Waals surface area contributed by atoms with Crippen LogP contribution in [0.5, 0.6) is 0 Å². The summed E-state index contributed by atoms with van der Waals surface area (Å²) in [6.07, 6.45) is 8.78. The number of nitrogens with two attached hydrogens (primary N) is 1. The Kier molecular flexibility index (Phi) is 7.67. The highest BCUT2D eigenvalue weighted by Crippen LogP contribution is 2.15. The van der Waals surface area contributed by atoms with Crippen LogP contribution < -0.4 is 5.73 Å². The van der Waals surface area contributed by atoms with Crippen molar-refractivity contribution < 1.29 is 13.3 Å². The maximum atomic E-state index is 12.4. The summed E-state index contributed by atoms with van der Waals surface area (Å²) in [5.74, 6) is -0.143. The number of sulfonamides is 1. The van der Waals surface area contributed by atoms with Gasteiger partial charge in [-0.15, -0.1) is 4.40 Å². The quantitative estimate of drug-likeness (QED) is 0.167. The van der Waals surface area contributed by atoms with Crippen molar-refractivity contribution in [1.29, 1.82) is 0 Å². The summed E-state index contributed by atoms with van der Waals surface area (Å²) < 4.78 is 28.5. The SMILES string of the molecule is NC(=NS(=O)(=O)C=Cc1ccc([N+](=O)[O-])cc1)c1ccccc1C=CC=Cc1ccccc1. The fourth-order valence-corrected chi connectivity index (χ4v) is 3.62. The molecule has 0 unspecified atom stereocenters. The van der Waals surface area contributed by atoms with Gasteiger partial charge in [0.05, 0.1) is 10.3 Å². The number of rotatable bonds is 8. The standard InChI is InChI=1S/C25H21N3O4S/c26-25(27-33(31,32)19-18-21-14-16-23(17-15-21)28(29)30)24-13-7-6-12-22(24)11-5-4-10-20-8-2-1-3-9-20/h1-19H,(H2,26,27). The van der Waals surface area contributed by atoms with Gasteiger partial charge in [-0.2, -0.15) is 8.42 Å². The van der Waals surface area contributed by atoms with Crippen molar-refractivity contribution in [3.05, 3.63) is 129 Å². The van der Waals surface area contributed by atoms with Gasteiger partial charge in [0, 0.05) is 17.7 Å². The van der Waals surface area contributed by atoms with Crippen LogP contribution >= 0.6 is 0 Å². The lowest BCUT2D eigenvalue weighted by Crippen LogP contribution is -2.16. The van der Waals surface area contributed by atoms with Crippen molar-refractivity contribution in [2.75, 3.05) is 0 Å². The molecule has 0 saturated heterocycles. The second-order valence-electron chi connectivity index (χ2n) is 6.86. The van der Waals surface area contributed by atoms with E-state index in [1.165, 1.54) is 30.3 Å². The number of nitro benzene ring substituents is 1. The van der Waals surface area contributed by atoms with Crippen LogP contribution in [0.2, 0.25) is 0 Å². The van der Waals surface area contributed by atoms with Gasteiger partial charge in [0.25, 0.3) is 15.7 Å². The molecule has 0 fully saturated rings. The molecule has 3 aromatic rings. The highest BCUT2D eigenvalue weighted by molar-refractivity contribution is 7.93. The molecule has 2 N–H and O–H groups in total. The van der Waals surface area contributed by atoms with Gasteiger partial charge in [-0.3, -0.25) is 10.1 Å². The Balaban J connectivity index is 1.77. The molecule has 0 atom stereocenters. The zero-order chi connectivity index (χ0) is 23.7. The van der Waals surface area contributed by atoms with Gasteiger partial charge in [-0.1, -0.05) is 78.9 Å². The van der Waals surface area contributed by atoms with E-state index >= 15 is 0 Å². The van der Waals surface area contributed by atoms with Crippen LogP contribution in [0.15, 0.2) is 101 Å². The van der Waals surface area contributed by atoms with E-state index in [9.17, 15) is 18.5 Å². The van der Waals surface area contributed by atoms with E-state index in [1.54, 1.807) is 12.1 Å². The highest BCUT2D eigenvalue weighted by Gasteiger charge is 2.09. The predicted octanol–water partition coefficient (Wildman–Crippen LogP) is 5.03. The van der Waals surface area contributed by atoms with Gasteiger partial charge >= 0.3 is 0 Å². The van der Waals surface area contributed by atoms with E-state index < -0.39 is 14.9 Å². The maximum Gasteiger partial charge on any atom is 0.277 e. The fraction of sp³-hybridized carbons (Fsp3) is 0. The molecule has 0 heterocycles. The third kappa shape index (κ3) is 7.12. The molecule has 0 aliphatic rings. The number of non-ortho nitro benzene ring substituents is 1. The van der Waals surface area contributed by atoms with Crippen LogP contribution in [-0.2, 0) is 10.0 Å². The molecule has 0 amide bonds. The van der Waals surface area contributed by atoms with Crippen LogP contribution in [-0.4, -0.2) is 19.2 Å². The van der Waals surface area contributed by atoms with Crippen molar-refractivity contribution in [3.63, 3.8) is 0 Å². The average Bonchev–Trinajstić information content (AvgIpc) is 2.81. The third-order valence-corrected chi connectivity index (χ3v) is 5.41. The molecule has 0 spiro atoms. The van der Waals surface area contributed by atoms with E-state index in [2.05, 4.69) is 4.40 Å². The van der Waals surface area contributed by atoms with Crippen molar-refractivity contribution in [1.82, 2.24) is 0 Å². The summed E-state index contributed by atoms with van der Waals surface area (Å²) in [5, 5.41) is 11.6. The lowest BCUT2D eigenvalue weighted by Gasteiger charge is -2.04. The molecule has 0 radical (unpaired) electrons. The molecule has 0 aliphatic heterocycles. The van der Waals surface area contributed by atoms with Gasteiger partial charge < -0.3 is 5.73 Å². The summed E-state index contributed by atoms with van der Waals surface area (Å²) in [5.41, 5.74) is 8.66. The fourth-order valence-electron chi connectivity index (χ4n) is 2.85. The monoisotopic (exact) mass is 459 g/mol. The molecule has 0 aliphatic carbocycles. The minimum atomic E-state index is -4.02. The first-order valence-corrected chi connectivity index (χ1v) is 11.4. The van der Waals surface area contributed by atoms with E-state index in [0.717, 1.165) is 11.0 Å². The zero-order valence-corrected chi connectivity index (χ0v) is 18.3. The number of amidine groups is 1. The Hall–Kier alpha value is -4.30. The van der Waals surface area contributed by atoms with E-state index in [0.29, 0.717) is 16.7 Å². The molecule has 0 saturated carbocycles. The van der Waals surface area contributed by atoms with Crippen molar-refractivity contribution >= 4 is 39.8 Å². The number of benzene rings is 3. The summed E-state index contributed by atoms with van der Waals surface area (Å²) in [4.78, 5) is 10.2. The summed E-state index contributed by atoms with van der Waals surface area (Å²) in [7, 11) is -4.02. The Morgan fingerprint density at radius 1 is 0.818 bits per heavy atom. The molecule has 7 nitrogen and oxygen atoms in total. The van der Waals surface area contributed by atoms with Crippen LogP contribution in [0, 0.1) is 10.1 Å². The van der Waals surface area contributed by atoms with Crippen molar-refractivity contribution in [2.24, 2.45) is 10.1 Å². The minimum absolute atomic E-state index is 0.0828. The second-order valence-corrected chi connectivity index (χ2v) is 8.34. The average molecular weight is 460 g/mol. The summed E-state index contributed by atoms with van der Waals surface area (Å²) in [6, 6.07) is 22.3. The maximum absolute atomic E-state index is 12.4. The molecule has 0 aromatic heterocycles. The first-order chi connectivity index (χ1) is 15.8. The van der Waals surface area contributed by atoms with Gasteiger partial charge in [0.1, 0.15) is 5.84 Å². The van der Waals surface area contributed by atoms with E-state index in [4.69, 9.17) is 5.73 Å². The number of nitro groups is 1. The third-order valence-electron chi connectivity index (χ3n) is 4.47. The smallest absolute Gasteiger partial charge is 0.277 e. The zero-order valence-electron chi connectivity index (χ0n) is 17.5. The Morgan fingerprint density at radius 2 is 1.42 bits per heavy atom. The molecule has 3 rings (SSSR count). The largest absolute Gasteiger partial charge is 0.383 e. The first-order valence-electron chi connectivity index (χ1n) is 9.86. The van der Waals surface area contributed by atoms with E-state index in [1.807, 2.05) is 66.8 Å². The highest BCUT2D eigenvalue weighted by atomic mass is 32.2. The van der Waals surface area contributed by atoms with Gasteiger partial charge in [0.2, 0.25) is 0 Å². The topological polar surface area (TPSA) is 116 Å². The van der Waals surface area contributed by atoms with Crippen LogP contribution in [0.4, 0.5) is 5.69 Å². The molecule has 3 aromatic carbocycles. The van der Waals surface area contributed by atoms with Crippen molar-refractivity contribution in [3.8, 4) is 0 Å². The van der Waals surface area contributed by atoms with Gasteiger partial charge in [-0.25, -0.2) is 0 Å². The molecular formula is C25H21N3O4S. The second kappa shape index (κ2) is 10.8. The Labute approximate surface area is 192 Å². The molecule has 166 valence electrons. The van der Waals surface area contributed by atoms with Crippen molar-refractivity contribution in [2.45, 2.75) is 0 Å². The number of allylic oxidation sites excluding steroid dienone is 2. The first kappa shape index (κ1) is 23.4. The van der Waals surface area contributed by atoms with E-state index in [-0.39, 0.29) is 11.5 Å². The van der Waals surface area contributed by atoms with Gasteiger partial charge in [-0.05, 0) is 34.9 Å². The molecular weight excluding hydrogens is 438 g/mol. The molecule has 33 heavy (non-hydrogen) atoms. The molecule has 8 heteroatoms. The van der Waals surface area contributed by atoms with Crippen LogP contribution in [0.25, 0.3) is 18.2 Å². The lowest BCUT2D eigenvalue weighted by atomic mass is 10.1. The number of hydrogen-bond acceptors (Lipinski definition) is 4. The van der Waals surface area contributed by atoms with Crippen LogP contribution in [0.3, 0.4) is 0 Å². The number of hydrogen-bond donors (Lipinski definition) is 1. The van der Waals surface area contributed by atoms with Gasteiger partial charge in [0.15, 0.2) is 0 Å². The van der Waals surface area contributed by atoms with Crippen LogP contribution in [0.1, 0.15) is 22.3 Å². The molecule has 0 bridgehead atoms. The Morgan fingerprint density at radius 3 is 2.12 bits per heavy atom. The number of nitrogens with zero attached hydrogens (tertiary/aromatic N) is 2.